The molecule has 0 fully saturated rings. The van der Waals surface area contributed by atoms with E-state index in [1.54, 1.807) is 6.07 Å². The number of halogens is 5. The standard InChI is InChI=1S/C14H9BrF4O/c15-8-9-7-10(16)5-6-11(9)12-3-1-2-4-13(12)20-14(17,18)19/h1-7H,8H2. The average molecular weight is 349 g/mol. The molecule has 0 amide bonds. The first kappa shape index (κ1) is 14.8. The zero-order valence-electron chi connectivity index (χ0n) is 10.0. The summed E-state index contributed by atoms with van der Waals surface area (Å²) in [7, 11) is 0. The minimum absolute atomic E-state index is 0.263. The van der Waals surface area contributed by atoms with Crippen LogP contribution in [0.1, 0.15) is 5.56 Å². The van der Waals surface area contributed by atoms with Crippen molar-refractivity contribution in [3.05, 3.63) is 53.8 Å². The first-order valence-electron chi connectivity index (χ1n) is 5.60. The summed E-state index contributed by atoms with van der Waals surface area (Å²) in [6.07, 6.45) is -4.77. The highest BCUT2D eigenvalue weighted by molar-refractivity contribution is 9.08. The molecule has 6 heteroatoms. The maximum atomic E-state index is 13.2. The lowest BCUT2D eigenvalue weighted by Gasteiger charge is -2.15. The summed E-state index contributed by atoms with van der Waals surface area (Å²) in [6, 6.07) is 9.68. The van der Waals surface area contributed by atoms with Crippen LogP contribution in [-0.2, 0) is 5.33 Å². The van der Waals surface area contributed by atoms with Crippen molar-refractivity contribution < 1.29 is 22.3 Å². The van der Waals surface area contributed by atoms with Gasteiger partial charge in [-0.15, -0.1) is 13.2 Å². The molecule has 0 aliphatic heterocycles. The maximum Gasteiger partial charge on any atom is 0.573 e. The molecule has 0 saturated carbocycles. The summed E-state index contributed by atoms with van der Waals surface area (Å²) in [6.45, 7) is 0. The Kier molecular flexibility index (Phi) is 4.32. The predicted octanol–water partition coefficient (Wildman–Crippen LogP) is 5.29. The number of ether oxygens (including phenoxy) is 1. The summed E-state index contributed by atoms with van der Waals surface area (Å²) in [5.41, 5.74) is 1.30. The van der Waals surface area contributed by atoms with Crippen LogP contribution >= 0.6 is 15.9 Å². The largest absolute Gasteiger partial charge is 0.573 e. The van der Waals surface area contributed by atoms with Crippen LogP contribution in [0.2, 0.25) is 0 Å². The summed E-state index contributed by atoms with van der Waals surface area (Å²) in [5, 5.41) is 0.320. The van der Waals surface area contributed by atoms with Gasteiger partial charge in [-0.1, -0.05) is 40.2 Å². The lowest BCUT2D eigenvalue weighted by Crippen LogP contribution is -2.17. The van der Waals surface area contributed by atoms with Crippen molar-refractivity contribution in [3.63, 3.8) is 0 Å². The third kappa shape index (κ3) is 3.50. The highest BCUT2D eigenvalue weighted by Crippen LogP contribution is 2.36. The van der Waals surface area contributed by atoms with Crippen molar-refractivity contribution in [3.8, 4) is 16.9 Å². The molecule has 0 atom stereocenters. The Labute approximate surface area is 121 Å². The molecule has 20 heavy (non-hydrogen) atoms. The lowest BCUT2D eigenvalue weighted by atomic mass is 10.00. The molecule has 0 heterocycles. The summed E-state index contributed by atoms with van der Waals surface area (Å²) in [4.78, 5) is 0. The Balaban J connectivity index is 2.53. The fourth-order valence-corrected chi connectivity index (χ4v) is 2.30. The van der Waals surface area contributed by atoms with Crippen molar-refractivity contribution >= 4 is 15.9 Å². The summed E-state index contributed by atoms with van der Waals surface area (Å²) < 4.78 is 54.4. The Hall–Kier alpha value is -1.56. The molecule has 0 radical (unpaired) electrons. The van der Waals surface area contributed by atoms with Crippen molar-refractivity contribution in [1.82, 2.24) is 0 Å². The van der Waals surface area contributed by atoms with Gasteiger partial charge in [0.05, 0.1) is 0 Å². The van der Waals surface area contributed by atoms with Crippen LogP contribution in [0.4, 0.5) is 17.6 Å². The van der Waals surface area contributed by atoms with Gasteiger partial charge in [0, 0.05) is 10.9 Å². The van der Waals surface area contributed by atoms with Gasteiger partial charge in [-0.25, -0.2) is 4.39 Å². The Bertz CT molecular complexity index is 610. The van der Waals surface area contributed by atoms with Gasteiger partial charge in [0.25, 0.3) is 0 Å². The molecular weight excluding hydrogens is 340 g/mol. The van der Waals surface area contributed by atoms with Gasteiger partial charge in [0.15, 0.2) is 0 Å². The van der Waals surface area contributed by atoms with Gasteiger partial charge in [0.1, 0.15) is 11.6 Å². The Morgan fingerprint density at radius 3 is 2.35 bits per heavy atom. The smallest absolute Gasteiger partial charge is 0.405 e. The maximum absolute atomic E-state index is 13.2. The van der Waals surface area contributed by atoms with Gasteiger partial charge in [0.2, 0.25) is 0 Å². The van der Waals surface area contributed by atoms with Crippen molar-refractivity contribution in [1.29, 1.82) is 0 Å². The third-order valence-corrected chi connectivity index (χ3v) is 3.22. The van der Waals surface area contributed by atoms with Crippen molar-refractivity contribution in [2.45, 2.75) is 11.7 Å². The average Bonchev–Trinajstić information content (AvgIpc) is 2.38. The normalized spacial score (nSPS) is 11.4. The summed E-state index contributed by atoms with van der Waals surface area (Å²) in [5.74, 6) is -0.758. The van der Waals surface area contributed by atoms with Crippen molar-refractivity contribution in [2.24, 2.45) is 0 Å². The zero-order chi connectivity index (χ0) is 14.8. The molecule has 0 aliphatic rings. The molecule has 0 spiro atoms. The van der Waals surface area contributed by atoms with Crippen LogP contribution in [0.25, 0.3) is 11.1 Å². The molecule has 1 nitrogen and oxygen atoms in total. The van der Waals surface area contributed by atoms with Crippen LogP contribution in [0.3, 0.4) is 0 Å². The molecule has 2 aromatic rings. The predicted molar refractivity (Wildman–Crippen MR) is 71.2 cm³/mol. The molecule has 2 rings (SSSR count). The molecule has 2 aromatic carbocycles. The molecule has 0 unspecified atom stereocenters. The molecular formula is C14H9BrF4O. The highest BCUT2D eigenvalue weighted by Gasteiger charge is 2.32. The summed E-state index contributed by atoms with van der Waals surface area (Å²) >= 11 is 3.20. The fourth-order valence-electron chi connectivity index (χ4n) is 1.84. The molecule has 0 aliphatic carbocycles. The monoisotopic (exact) mass is 348 g/mol. The fraction of sp³-hybridized carbons (Fsp3) is 0.143. The van der Waals surface area contributed by atoms with E-state index in [0.29, 0.717) is 16.5 Å². The number of para-hydroxylation sites is 1. The Morgan fingerprint density at radius 2 is 1.70 bits per heavy atom. The SMILES string of the molecule is Fc1ccc(-c2ccccc2OC(F)(F)F)c(CBr)c1. The second-order valence-electron chi connectivity index (χ2n) is 3.98. The minimum atomic E-state index is -4.77. The van der Waals surface area contributed by atoms with Crippen LogP contribution in [0, 0.1) is 5.82 Å². The van der Waals surface area contributed by atoms with Gasteiger partial charge in [-0.05, 0) is 29.3 Å². The van der Waals surface area contributed by atoms with Crippen LogP contribution < -0.4 is 4.74 Å². The van der Waals surface area contributed by atoms with E-state index in [2.05, 4.69) is 20.7 Å². The van der Waals surface area contributed by atoms with Crippen LogP contribution in [-0.4, -0.2) is 6.36 Å². The zero-order valence-corrected chi connectivity index (χ0v) is 11.6. The minimum Gasteiger partial charge on any atom is -0.405 e. The van der Waals surface area contributed by atoms with Crippen LogP contribution in [0.15, 0.2) is 42.5 Å². The number of rotatable bonds is 3. The van der Waals surface area contributed by atoms with E-state index in [1.165, 1.54) is 36.4 Å². The Morgan fingerprint density at radius 1 is 1.00 bits per heavy atom. The molecule has 106 valence electrons. The first-order valence-corrected chi connectivity index (χ1v) is 6.72. The van der Waals surface area contributed by atoms with Gasteiger partial charge >= 0.3 is 6.36 Å². The molecule has 0 bridgehead atoms. The van der Waals surface area contributed by atoms with E-state index in [9.17, 15) is 17.6 Å². The van der Waals surface area contributed by atoms with E-state index >= 15 is 0 Å². The van der Waals surface area contributed by atoms with E-state index in [4.69, 9.17) is 0 Å². The topological polar surface area (TPSA) is 9.23 Å². The van der Waals surface area contributed by atoms with Crippen LogP contribution in [0.5, 0.6) is 5.75 Å². The van der Waals surface area contributed by atoms with Gasteiger partial charge in [-0.3, -0.25) is 0 Å². The molecule has 0 aromatic heterocycles. The van der Waals surface area contributed by atoms with E-state index in [0.717, 1.165) is 0 Å². The van der Waals surface area contributed by atoms with E-state index < -0.39 is 12.2 Å². The molecule has 0 saturated heterocycles. The van der Waals surface area contributed by atoms with Gasteiger partial charge in [-0.2, -0.15) is 0 Å². The number of hydrogen-bond donors (Lipinski definition) is 0. The second kappa shape index (κ2) is 5.83. The van der Waals surface area contributed by atoms with E-state index in [1.807, 2.05) is 0 Å². The first-order chi connectivity index (χ1) is 9.40. The highest BCUT2D eigenvalue weighted by atomic mass is 79.9. The number of benzene rings is 2. The number of hydrogen-bond acceptors (Lipinski definition) is 1. The van der Waals surface area contributed by atoms with Gasteiger partial charge < -0.3 is 4.74 Å². The van der Waals surface area contributed by atoms with Crippen molar-refractivity contribution in [2.75, 3.05) is 0 Å². The second-order valence-corrected chi connectivity index (χ2v) is 4.54. The molecule has 0 N–H and O–H groups in total. The van der Waals surface area contributed by atoms with E-state index in [-0.39, 0.29) is 11.3 Å². The lowest BCUT2D eigenvalue weighted by molar-refractivity contribution is -0.274. The number of alkyl halides is 4. The quantitative estimate of drug-likeness (QED) is 0.541. The third-order valence-electron chi connectivity index (χ3n) is 2.61.